The number of nitrogens with one attached hydrogen (secondary N) is 2. The largest absolute Gasteiger partial charge is 0.498 e. The second-order valence-electron chi connectivity index (χ2n) is 5.31. The highest BCUT2D eigenvalue weighted by Gasteiger charge is 2.52. The number of rotatable bonds is 4. The van der Waals surface area contributed by atoms with Crippen molar-refractivity contribution in [3.63, 3.8) is 0 Å². The third-order valence-corrected chi connectivity index (χ3v) is 3.51. The van der Waals surface area contributed by atoms with E-state index in [4.69, 9.17) is 14.7 Å². The summed E-state index contributed by atoms with van der Waals surface area (Å²) < 4.78 is 11.9. The molecular formula is C12H23BN2O2. The van der Waals surface area contributed by atoms with Crippen molar-refractivity contribution in [2.75, 3.05) is 7.05 Å². The van der Waals surface area contributed by atoms with Crippen LogP contribution in [0, 0.1) is 5.41 Å². The van der Waals surface area contributed by atoms with Gasteiger partial charge in [-0.1, -0.05) is 6.92 Å². The second-order valence-corrected chi connectivity index (χ2v) is 5.31. The van der Waals surface area contributed by atoms with Gasteiger partial charge in [0.05, 0.1) is 11.2 Å². The summed E-state index contributed by atoms with van der Waals surface area (Å²) in [6, 6.07) is 0. The van der Waals surface area contributed by atoms with Crippen molar-refractivity contribution in [1.82, 2.24) is 5.32 Å². The topological polar surface area (TPSA) is 54.3 Å². The number of hydrogen-bond donors (Lipinski definition) is 2. The van der Waals surface area contributed by atoms with E-state index in [9.17, 15) is 0 Å². The molecular weight excluding hydrogens is 215 g/mol. The number of allylic oxidation sites excluding steroid dienone is 1. The smallest absolute Gasteiger partial charge is 0.399 e. The van der Waals surface area contributed by atoms with Gasteiger partial charge in [0.25, 0.3) is 0 Å². The fraction of sp³-hybridized carbons (Fsp3) is 0.750. The molecule has 0 unspecified atom stereocenters. The molecule has 0 aliphatic carbocycles. The summed E-state index contributed by atoms with van der Waals surface area (Å²) in [5.41, 5.74) is 0.586. The molecule has 0 radical (unpaired) electrons. The van der Waals surface area contributed by atoms with Crippen LogP contribution in [0.1, 0.15) is 41.0 Å². The summed E-state index contributed by atoms with van der Waals surface area (Å²) in [7, 11) is 1.36. The van der Waals surface area contributed by atoms with E-state index in [0.717, 1.165) is 5.47 Å². The highest BCUT2D eigenvalue weighted by atomic mass is 16.7. The highest BCUT2D eigenvalue weighted by Crippen LogP contribution is 2.38. The van der Waals surface area contributed by atoms with Crippen molar-refractivity contribution in [1.29, 1.82) is 5.41 Å². The molecule has 0 atom stereocenters. The van der Waals surface area contributed by atoms with Gasteiger partial charge in [-0.05, 0) is 40.3 Å². The van der Waals surface area contributed by atoms with Crippen LogP contribution in [0.25, 0.3) is 0 Å². The van der Waals surface area contributed by atoms with Crippen LogP contribution in [0.15, 0.2) is 11.7 Å². The molecule has 0 bridgehead atoms. The Bertz CT molecular complexity index is 321. The summed E-state index contributed by atoms with van der Waals surface area (Å²) >= 11 is 0. The monoisotopic (exact) mass is 238 g/mol. The van der Waals surface area contributed by atoms with E-state index in [1.807, 2.05) is 41.7 Å². The molecule has 1 fully saturated rings. The van der Waals surface area contributed by atoms with Gasteiger partial charge in [-0.3, -0.25) is 0 Å². The minimum atomic E-state index is -0.458. The van der Waals surface area contributed by atoms with Crippen molar-refractivity contribution in [2.24, 2.45) is 0 Å². The lowest BCUT2D eigenvalue weighted by molar-refractivity contribution is 0.00578. The molecule has 17 heavy (non-hydrogen) atoms. The molecule has 0 aromatic rings. The van der Waals surface area contributed by atoms with Crippen molar-refractivity contribution in [2.45, 2.75) is 52.2 Å². The first-order valence-corrected chi connectivity index (χ1v) is 6.06. The Balaban J connectivity index is 2.95. The Hall–Kier alpha value is -0.805. The maximum absolute atomic E-state index is 7.95. The van der Waals surface area contributed by atoms with E-state index in [1.165, 1.54) is 0 Å². The predicted octanol–water partition coefficient (Wildman–Crippen LogP) is 2.15. The summed E-state index contributed by atoms with van der Waals surface area (Å²) in [6.45, 7) is 10.0. The van der Waals surface area contributed by atoms with Crippen LogP contribution in [-0.2, 0) is 9.31 Å². The van der Waals surface area contributed by atoms with Gasteiger partial charge < -0.3 is 20.0 Å². The minimum absolute atomic E-state index is 0.363. The molecule has 1 saturated heterocycles. The zero-order valence-corrected chi connectivity index (χ0v) is 11.7. The fourth-order valence-corrected chi connectivity index (χ4v) is 1.63. The Morgan fingerprint density at radius 3 is 2.06 bits per heavy atom. The van der Waals surface area contributed by atoms with Crippen LogP contribution in [0.4, 0.5) is 0 Å². The van der Waals surface area contributed by atoms with Crippen LogP contribution >= 0.6 is 0 Å². The summed E-state index contributed by atoms with van der Waals surface area (Å²) in [4.78, 5) is 0. The molecule has 0 saturated carbocycles. The molecule has 0 spiro atoms. The summed E-state index contributed by atoms with van der Waals surface area (Å²) in [5.74, 6) is 0. The Labute approximate surface area is 104 Å². The second kappa shape index (κ2) is 4.82. The Kier molecular flexibility index (Phi) is 4.04. The molecule has 96 valence electrons. The first-order valence-electron chi connectivity index (χ1n) is 6.06. The van der Waals surface area contributed by atoms with Crippen molar-refractivity contribution >= 4 is 12.8 Å². The van der Waals surface area contributed by atoms with E-state index in [2.05, 4.69) is 5.32 Å². The first-order chi connectivity index (χ1) is 7.75. The highest BCUT2D eigenvalue weighted by molar-refractivity contribution is 6.62. The first kappa shape index (κ1) is 14.3. The third-order valence-electron chi connectivity index (χ3n) is 3.51. The van der Waals surface area contributed by atoms with Gasteiger partial charge in [-0.2, -0.15) is 0 Å². The zero-order chi connectivity index (χ0) is 13.3. The predicted molar refractivity (Wildman–Crippen MR) is 71.2 cm³/mol. The van der Waals surface area contributed by atoms with Gasteiger partial charge in [0.2, 0.25) is 0 Å². The quantitative estimate of drug-likeness (QED) is 0.582. The van der Waals surface area contributed by atoms with Crippen LogP contribution in [0.3, 0.4) is 0 Å². The van der Waals surface area contributed by atoms with E-state index < -0.39 is 7.12 Å². The third kappa shape index (κ3) is 2.72. The zero-order valence-electron chi connectivity index (χ0n) is 11.7. The van der Waals surface area contributed by atoms with E-state index in [0.29, 0.717) is 12.1 Å². The fourth-order valence-electron chi connectivity index (χ4n) is 1.63. The molecule has 2 N–H and O–H groups in total. The van der Waals surface area contributed by atoms with E-state index in [-0.39, 0.29) is 11.2 Å². The maximum atomic E-state index is 7.95. The normalized spacial score (nSPS) is 22.7. The average Bonchev–Trinajstić information content (AvgIpc) is 2.43. The van der Waals surface area contributed by atoms with Crippen molar-refractivity contribution in [3.05, 3.63) is 11.7 Å². The Morgan fingerprint density at radius 1 is 1.24 bits per heavy atom. The van der Waals surface area contributed by atoms with Crippen LogP contribution in [-0.4, -0.2) is 31.1 Å². The number of hydrogen-bond acceptors (Lipinski definition) is 4. The molecule has 1 heterocycles. The van der Waals surface area contributed by atoms with E-state index >= 15 is 0 Å². The lowest BCUT2D eigenvalue weighted by atomic mass is 9.75. The SMILES string of the molecule is CCC(=N)/C(=C\NC)B1OC(C)(C)C(C)(C)O1. The summed E-state index contributed by atoms with van der Waals surface area (Å²) in [5, 5.41) is 10.9. The molecule has 0 aromatic heterocycles. The molecule has 0 amide bonds. The van der Waals surface area contributed by atoms with E-state index in [1.54, 1.807) is 6.20 Å². The van der Waals surface area contributed by atoms with Crippen LogP contribution in [0.5, 0.6) is 0 Å². The van der Waals surface area contributed by atoms with Gasteiger partial charge in [0, 0.05) is 18.2 Å². The molecule has 5 heteroatoms. The molecule has 1 aliphatic rings. The molecule has 4 nitrogen and oxygen atoms in total. The minimum Gasteiger partial charge on any atom is -0.399 e. The lowest BCUT2D eigenvalue weighted by Gasteiger charge is -2.32. The van der Waals surface area contributed by atoms with Crippen LogP contribution < -0.4 is 5.32 Å². The summed E-state index contributed by atoms with van der Waals surface area (Å²) in [6.07, 6.45) is 2.45. The molecule has 1 rings (SSSR count). The van der Waals surface area contributed by atoms with Gasteiger partial charge >= 0.3 is 7.12 Å². The van der Waals surface area contributed by atoms with Gasteiger partial charge in [-0.15, -0.1) is 0 Å². The van der Waals surface area contributed by atoms with Crippen molar-refractivity contribution < 1.29 is 9.31 Å². The lowest BCUT2D eigenvalue weighted by Crippen LogP contribution is -2.41. The van der Waals surface area contributed by atoms with Gasteiger partial charge in [0.1, 0.15) is 0 Å². The molecule has 1 aliphatic heterocycles. The molecule has 0 aromatic carbocycles. The van der Waals surface area contributed by atoms with Crippen molar-refractivity contribution in [3.8, 4) is 0 Å². The van der Waals surface area contributed by atoms with Gasteiger partial charge in [-0.25, -0.2) is 0 Å². The Morgan fingerprint density at radius 2 is 1.71 bits per heavy atom. The standard InChI is InChI=1S/C12H23BN2O2/c1-7-10(14)9(8-15-6)13-16-11(2,3)12(4,5)17-13/h8,14-15H,7H2,1-6H3/b9-8+,14-10?. The van der Waals surface area contributed by atoms with Crippen LogP contribution in [0.2, 0.25) is 0 Å². The maximum Gasteiger partial charge on any atom is 0.498 e. The van der Waals surface area contributed by atoms with Gasteiger partial charge in [0.15, 0.2) is 0 Å². The average molecular weight is 238 g/mol.